The van der Waals surface area contributed by atoms with E-state index in [-0.39, 0.29) is 27.8 Å². The number of allylic oxidation sites excluding steroid dienone is 1. The molecule has 9 heteroatoms. The monoisotopic (exact) mass is 400 g/mol. The average molecular weight is 401 g/mol. The Balaban J connectivity index is 1.80. The van der Waals surface area contributed by atoms with Crippen LogP contribution in [0.3, 0.4) is 0 Å². The number of halogens is 1. The van der Waals surface area contributed by atoms with Gasteiger partial charge in [-0.2, -0.15) is 0 Å². The second-order valence-electron chi connectivity index (χ2n) is 6.48. The molecule has 0 bridgehead atoms. The number of hydrogen-bond acceptors (Lipinski definition) is 5. The van der Waals surface area contributed by atoms with Gasteiger partial charge in [0.05, 0.1) is 22.1 Å². The highest BCUT2D eigenvalue weighted by Crippen LogP contribution is 2.42. The largest absolute Gasteiger partial charge is 0.504 e. The SMILES string of the molecule is CO[C@H]1C[C@@H](S(=O)(=O)c2c(Cl)ccc(NC(=O)NC3C=CCC3)c2O)C1. The molecule has 142 valence electrons. The molecule has 2 amide bonds. The van der Waals surface area contributed by atoms with Crippen molar-refractivity contribution in [2.24, 2.45) is 0 Å². The normalized spacial score (nSPS) is 24.9. The molecule has 1 fully saturated rings. The van der Waals surface area contributed by atoms with E-state index < -0.39 is 26.9 Å². The molecular weight excluding hydrogens is 380 g/mol. The number of phenolic OH excluding ortho intramolecular Hbond substituents is 1. The van der Waals surface area contributed by atoms with E-state index >= 15 is 0 Å². The number of aromatic hydroxyl groups is 1. The van der Waals surface area contributed by atoms with Crippen molar-refractivity contribution in [3.8, 4) is 5.75 Å². The fourth-order valence-corrected chi connectivity index (χ4v) is 5.59. The molecule has 7 nitrogen and oxygen atoms in total. The highest BCUT2D eigenvalue weighted by atomic mass is 35.5. The van der Waals surface area contributed by atoms with Gasteiger partial charge in [-0.05, 0) is 37.8 Å². The Kier molecular flexibility index (Phi) is 5.45. The minimum Gasteiger partial charge on any atom is -0.504 e. The molecule has 0 saturated heterocycles. The van der Waals surface area contributed by atoms with Gasteiger partial charge in [-0.3, -0.25) is 0 Å². The summed E-state index contributed by atoms with van der Waals surface area (Å²) in [5.41, 5.74) is -0.00457. The van der Waals surface area contributed by atoms with Crippen molar-refractivity contribution >= 4 is 33.2 Å². The van der Waals surface area contributed by atoms with Crippen LogP contribution in [0.2, 0.25) is 5.02 Å². The van der Waals surface area contributed by atoms with E-state index in [2.05, 4.69) is 10.6 Å². The second-order valence-corrected chi connectivity index (χ2v) is 9.05. The molecule has 0 radical (unpaired) electrons. The summed E-state index contributed by atoms with van der Waals surface area (Å²) in [6.45, 7) is 0. The lowest BCUT2D eigenvalue weighted by atomic mass is 9.95. The number of carbonyl (C=O) groups is 1. The molecule has 0 aromatic heterocycles. The van der Waals surface area contributed by atoms with E-state index in [4.69, 9.17) is 16.3 Å². The molecule has 1 unspecified atom stereocenters. The number of ether oxygens (including phenoxy) is 1. The van der Waals surface area contributed by atoms with Crippen molar-refractivity contribution in [2.45, 2.75) is 48.0 Å². The number of benzene rings is 1. The van der Waals surface area contributed by atoms with Crippen molar-refractivity contribution in [3.63, 3.8) is 0 Å². The number of nitrogens with one attached hydrogen (secondary N) is 2. The average Bonchev–Trinajstić information content (AvgIpc) is 3.01. The first-order valence-corrected chi connectivity index (χ1v) is 10.3. The highest BCUT2D eigenvalue weighted by molar-refractivity contribution is 7.92. The van der Waals surface area contributed by atoms with E-state index in [1.54, 1.807) is 0 Å². The van der Waals surface area contributed by atoms with Crippen LogP contribution in [0.1, 0.15) is 25.7 Å². The zero-order chi connectivity index (χ0) is 18.9. The Morgan fingerprint density at radius 2 is 2.08 bits per heavy atom. The number of phenols is 1. The van der Waals surface area contributed by atoms with Crippen molar-refractivity contribution in [2.75, 3.05) is 12.4 Å². The van der Waals surface area contributed by atoms with Crippen LogP contribution in [0.4, 0.5) is 10.5 Å². The Bertz CT molecular complexity index is 834. The van der Waals surface area contributed by atoms with Crippen LogP contribution >= 0.6 is 11.6 Å². The van der Waals surface area contributed by atoms with Gasteiger partial charge in [-0.15, -0.1) is 0 Å². The third-order valence-electron chi connectivity index (χ3n) is 4.77. The number of sulfone groups is 1. The topological polar surface area (TPSA) is 105 Å². The van der Waals surface area contributed by atoms with Gasteiger partial charge in [0, 0.05) is 13.2 Å². The molecule has 26 heavy (non-hydrogen) atoms. The molecular formula is C17H21ClN2O5S. The first-order chi connectivity index (χ1) is 12.3. The number of amides is 2. The Labute approximate surface area is 157 Å². The zero-order valence-corrected chi connectivity index (χ0v) is 15.8. The van der Waals surface area contributed by atoms with Crippen molar-refractivity contribution in [1.29, 1.82) is 0 Å². The lowest BCUT2D eigenvalue weighted by Gasteiger charge is -2.33. The molecule has 0 aliphatic heterocycles. The predicted molar refractivity (Wildman–Crippen MR) is 98.4 cm³/mol. The molecule has 3 N–H and O–H groups in total. The number of rotatable bonds is 5. The molecule has 2 aliphatic carbocycles. The standard InChI is InChI=1S/C17H21ClN2O5S/c1-25-11-8-12(9-11)26(23,24)16-13(18)6-7-14(15(16)21)20-17(22)19-10-4-2-3-5-10/h2,4,6-7,10-12,21H,3,5,8-9H2,1H3,(H2,19,20,22)/t10?,11-,12+. The minimum atomic E-state index is -3.83. The first kappa shape index (κ1) is 19.0. The number of urea groups is 1. The Morgan fingerprint density at radius 1 is 1.35 bits per heavy atom. The Hall–Kier alpha value is -1.77. The van der Waals surface area contributed by atoms with E-state index in [1.807, 2.05) is 12.2 Å². The maximum Gasteiger partial charge on any atom is 0.319 e. The van der Waals surface area contributed by atoms with Crippen LogP contribution in [0.5, 0.6) is 5.75 Å². The van der Waals surface area contributed by atoms with Crippen LogP contribution in [-0.2, 0) is 14.6 Å². The van der Waals surface area contributed by atoms with Gasteiger partial charge in [0.2, 0.25) is 0 Å². The minimum absolute atomic E-state index is 0.00457. The van der Waals surface area contributed by atoms with Gasteiger partial charge in [0.1, 0.15) is 4.90 Å². The third-order valence-corrected chi connectivity index (χ3v) is 7.44. The van der Waals surface area contributed by atoms with E-state index in [0.717, 1.165) is 12.8 Å². The van der Waals surface area contributed by atoms with Crippen LogP contribution in [0.15, 0.2) is 29.2 Å². The smallest absolute Gasteiger partial charge is 0.319 e. The highest BCUT2D eigenvalue weighted by Gasteiger charge is 2.42. The summed E-state index contributed by atoms with van der Waals surface area (Å²) in [4.78, 5) is 11.7. The molecule has 0 heterocycles. The summed E-state index contributed by atoms with van der Waals surface area (Å²) in [5.74, 6) is -0.546. The van der Waals surface area contributed by atoms with Crippen LogP contribution < -0.4 is 10.6 Å². The maximum absolute atomic E-state index is 12.8. The fraction of sp³-hybridized carbons (Fsp3) is 0.471. The Morgan fingerprint density at radius 3 is 2.69 bits per heavy atom. The summed E-state index contributed by atoms with van der Waals surface area (Å²) < 4.78 is 30.7. The van der Waals surface area contributed by atoms with Crippen LogP contribution in [-0.4, -0.2) is 44.1 Å². The number of carbonyl (C=O) groups excluding carboxylic acids is 1. The van der Waals surface area contributed by atoms with E-state index in [0.29, 0.717) is 12.8 Å². The third kappa shape index (κ3) is 3.67. The summed E-state index contributed by atoms with van der Waals surface area (Å²) in [6.07, 6.45) is 6.15. The maximum atomic E-state index is 12.8. The quantitative estimate of drug-likeness (QED) is 0.520. The summed E-state index contributed by atoms with van der Waals surface area (Å²) in [5, 5.41) is 14.9. The number of methoxy groups -OCH3 is 1. The zero-order valence-electron chi connectivity index (χ0n) is 14.2. The molecule has 2 aliphatic rings. The van der Waals surface area contributed by atoms with Gasteiger partial charge in [0.25, 0.3) is 0 Å². The summed E-state index contributed by atoms with van der Waals surface area (Å²) >= 11 is 6.05. The van der Waals surface area contributed by atoms with Gasteiger partial charge in [0.15, 0.2) is 15.6 Å². The van der Waals surface area contributed by atoms with Crippen LogP contribution in [0, 0.1) is 0 Å². The molecule has 1 aromatic rings. The lowest BCUT2D eigenvalue weighted by molar-refractivity contribution is 0.0436. The fourth-order valence-electron chi connectivity index (χ4n) is 3.13. The van der Waals surface area contributed by atoms with Gasteiger partial charge in [-0.1, -0.05) is 23.8 Å². The van der Waals surface area contributed by atoms with Gasteiger partial charge in [-0.25, -0.2) is 13.2 Å². The lowest BCUT2D eigenvalue weighted by Crippen LogP contribution is -2.40. The number of anilines is 1. The number of hydrogen-bond donors (Lipinski definition) is 3. The van der Waals surface area contributed by atoms with Crippen molar-refractivity contribution in [1.82, 2.24) is 5.32 Å². The molecule has 0 spiro atoms. The molecule has 3 rings (SSSR count). The molecule has 1 atom stereocenters. The molecule has 1 saturated carbocycles. The second kappa shape index (κ2) is 7.46. The van der Waals surface area contributed by atoms with Crippen molar-refractivity contribution < 1.29 is 23.1 Å². The van der Waals surface area contributed by atoms with E-state index in [1.165, 1.54) is 19.2 Å². The van der Waals surface area contributed by atoms with Crippen molar-refractivity contribution in [3.05, 3.63) is 29.3 Å². The van der Waals surface area contributed by atoms with Crippen LogP contribution in [0.25, 0.3) is 0 Å². The molecule has 1 aromatic carbocycles. The summed E-state index contributed by atoms with van der Waals surface area (Å²) in [7, 11) is -2.30. The van der Waals surface area contributed by atoms with Gasteiger partial charge < -0.3 is 20.5 Å². The van der Waals surface area contributed by atoms with E-state index in [9.17, 15) is 18.3 Å². The first-order valence-electron chi connectivity index (χ1n) is 8.35. The van der Waals surface area contributed by atoms with Gasteiger partial charge >= 0.3 is 6.03 Å². The summed E-state index contributed by atoms with van der Waals surface area (Å²) in [6, 6.07) is 2.13. The predicted octanol–water partition coefficient (Wildman–Crippen LogP) is 2.84.